The molecule has 24 heavy (non-hydrogen) atoms. The Bertz CT molecular complexity index is 917. The smallest absolute Gasteiger partial charge is 0.225 e. The molecule has 1 aliphatic heterocycles. The predicted octanol–water partition coefficient (Wildman–Crippen LogP) is 5.17. The molecule has 5 heteroatoms. The van der Waals surface area contributed by atoms with E-state index in [0.29, 0.717) is 6.42 Å². The fourth-order valence-corrected chi connectivity index (χ4v) is 4.22. The number of rotatable bonds is 2. The third-order valence-corrected chi connectivity index (χ3v) is 5.29. The lowest BCUT2D eigenvalue weighted by atomic mass is 9.89. The Balaban J connectivity index is 1.81. The van der Waals surface area contributed by atoms with E-state index >= 15 is 0 Å². The van der Waals surface area contributed by atoms with Gasteiger partial charge in [0, 0.05) is 28.2 Å². The quantitative estimate of drug-likeness (QED) is 0.685. The average molecular weight is 341 g/mol. The van der Waals surface area contributed by atoms with E-state index in [1.54, 1.807) is 18.2 Å². The van der Waals surface area contributed by atoms with E-state index in [0.717, 1.165) is 27.3 Å². The first-order valence-corrected chi connectivity index (χ1v) is 8.42. The van der Waals surface area contributed by atoms with Gasteiger partial charge in [0.1, 0.15) is 11.6 Å². The van der Waals surface area contributed by atoms with Crippen molar-refractivity contribution in [2.45, 2.75) is 12.3 Å². The monoisotopic (exact) mass is 341 g/mol. The summed E-state index contributed by atoms with van der Waals surface area (Å²) in [5.74, 6) is -0.815. The van der Waals surface area contributed by atoms with Crippen LogP contribution in [0.25, 0.3) is 11.1 Å². The summed E-state index contributed by atoms with van der Waals surface area (Å²) in [5.41, 5.74) is 3.18. The van der Waals surface area contributed by atoms with E-state index in [1.807, 2.05) is 11.4 Å². The van der Waals surface area contributed by atoms with Gasteiger partial charge in [-0.25, -0.2) is 8.78 Å². The van der Waals surface area contributed by atoms with Crippen molar-refractivity contribution in [1.29, 1.82) is 0 Å². The van der Waals surface area contributed by atoms with E-state index in [9.17, 15) is 13.6 Å². The van der Waals surface area contributed by atoms with E-state index in [2.05, 4.69) is 5.32 Å². The van der Waals surface area contributed by atoms with Gasteiger partial charge in [0.05, 0.1) is 5.69 Å². The first kappa shape index (κ1) is 15.0. The number of fused-ring (bicyclic) bond motifs is 1. The number of nitrogens with one attached hydrogen (secondary N) is 1. The Kier molecular flexibility index (Phi) is 3.65. The molecule has 3 aromatic rings. The van der Waals surface area contributed by atoms with Gasteiger partial charge in [0.15, 0.2) is 0 Å². The standard InChI is InChI=1S/C19H13F2NOS/c20-13-6-4-11(5-7-13)15-9-17(23)22-18-16(10-24-19(15)18)12-2-1-3-14(21)8-12/h1-8,10,15H,9H2,(H,22,23). The maximum absolute atomic E-state index is 13.5. The van der Waals surface area contributed by atoms with Crippen LogP contribution in [-0.4, -0.2) is 5.91 Å². The van der Waals surface area contributed by atoms with Gasteiger partial charge >= 0.3 is 0 Å². The van der Waals surface area contributed by atoms with Crippen LogP contribution in [0.15, 0.2) is 53.9 Å². The molecule has 2 aromatic carbocycles. The number of anilines is 1. The van der Waals surface area contributed by atoms with Crippen LogP contribution in [0, 0.1) is 11.6 Å². The summed E-state index contributed by atoms with van der Waals surface area (Å²) >= 11 is 1.53. The summed E-state index contributed by atoms with van der Waals surface area (Å²) in [6.07, 6.45) is 0.321. The zero-order chi connectivity index (χ0) is 16.7. The molecule has 1 aromatic heterocycles. The van der Waals surface area contributed by atoms with Crippen LogP contribution in [0.1, 0.15) is 22.8 Å². The molecule has 4 rings (SSSR count). The lowest BCUT2D eigenvalue weighted by Crippen LogP contribution is -2.22. The van der Waals surface area contributed by atoms with Crippen LogP contribution in [0.2, 0.25) is 0 Å². The van der Waals surface area contributed by atoms with Crippen molar-refractivity contribution in [2.24, 2.45) is 0 Å². The van der Waals surface area contributed by atoms with Gasteiger partial charge < -0.3 is 5.32 Å². The van der Waals surface area contributed by atoms with E-state index in [-0.39, 0.29) is 23.5 Å². The molecular weight excluding hydrogens is 328 g/mol. The van der Waals surface area contributed by atoms with Crippen molar-refractivity contribution in [1.82, 2.24) is 0 Å². The van der Waals surface area contributed by atoms with Gasteiger partial charge in [-0.3, -0.25) is 4.79 Å². The van der Waals surface area contributed by atoms with Crippen LogP contribution in [-0.2, 0) is 4.79 Å². The number of halogens is 2. The molecule has 1 N–H and O–H groups in total. The third-order valence-electron chi connectivity index (χ3n) is 4.20. The maximum atomic E-state index is 13.5. The van der Waals surface area contributed by atoms with Crippen LogP contribution in [0.4, 0.5) is 14.5 Å². The molecule has 2 heterocycles. The normalized spacial score (nSPS) is 16.6. The zero-order valence-electron chi connectivity index (χ0n) is 12.6. The second-order valence-electron chi connectivity index (χ2n) is 5.76. The van der Waals surface area contributed by atoms with Crippen molar-refractivity contribution in [3.63, 3.8) is 0 Å². The van der Waals surface area contributed by atoms with Gasteiger partial charge in [0.2, 0.25) is 5.91 Å². The van der Waals surface area contributed by atoms with E-state index < -0.39 is 0 Å². The molecule has 0 saturated heterocycles. The van der Waals surface area contributed by atoms with Crippen molar-refractivity contribution in [3.05, 3.63) is 76.0 Å². The highest BCUT2D eigenvalue weighted by atomic mass is 32.1. The number of benzene rings is 2. The summed E-state index contributed by atoms with van der Waals surface area (Å²) in [6.45, 7) is 0. The molecule has 0 bridgehead atoms. The maximum Gasteiger partial charge on any atom is 0.225 e. The fourth-order valence-electron chi connectivity index (χ4n) is 3.06. The molecule has 0 spiro atoms. The minimum atomic E-state index is -0.315. The van der Waals surface area contributed by atoms with Crippen molar-refractivity contribution in [2.75, 3.05) is 5.32 Å². The molecular formula is C19H13F2NOS. The summed E-state index contributed by atoms with van der Waals surface area (Å²) in [6, 6.07) is 12.5. The average Bonchev–Trinajstić information content (AvgIpc) is 2.98. The molecule has 0 fully saturated rings. The predicted molar refractivity (Wildman–Crippen MR) is 91.2 cm³/mol. The number of carbonyl (C=O) groups is 1. The highest BCUT2D eigenvalue weighted by molar-refractivity contribution is 7.11. The van der Waals surface area contributed by atoms with Gasteiger partial charge in [-0.2, -0.15) is 0 Å². The topological polar surface area (TPSA) is 29.1 Å². The molecule has 1 amide bonds. The van der Waals surface area contributed by atoms with E-state index in [1.165, 1.54) is 35.6 Å². The van der Waals surface area contributed by atoms with Crippen LogP contribution in [0.5, 0.6) is 0 Å². The van der Waals surface area contributed by atoms with Gasteiger partial charge in [-0.15, -0.1) is 11.3 Å². The summed E-state index contributed by atoms with van der Waals surface area (Å²) in [4.78, 5) is 13.2. The third kappa shape index (κ3) is 2.61. The Morgan fingerprint density at radius 3 is 2.58 bits per heavy atom. The highest BCUT2D eigenvalue weighted by Crippen LogP contribution is 2.46. The first-order chi connectivity index (χ1) is 11.6. The van der Waals surface area contributed by atoms with Crippen LogP contribution < -0.4 is 5.32 Å². The van der Waals surface area contributed by atoms with Gasteiger partial charge in [-0.05, 0) is 35.4 Å². The molecule has 120 valence electrons. The first-order valence-electron chi connectivity index (χ1n) is 7.54. The fraction of sp³-hybridized carbons (Fsp3) is 0.105. The second kappa shape index (κ2) is 5.83. The Morgan fingerprint density at radius 2 is 1.83 bits per heavy atom. The second-order valence-corrected chi connectivity index (χ2v) is 6.67. The summed E-state index contributed by atoms with van der Waals surface area (Å²) in [7, 11) is 0. The van der Waals surface area contributed by atoms with Crippen molar-refractivity contribution < 1.29 is 13.6 Å². The minimum Gasteiger partial charge on any atom is -0.325 e. The molecule has 1 aliphatic rings. The number of hydrogen-bond donors (Lipinski definition) is 1. The van der Waals surface area contributed by atoms with Crippen molar-refractivity contribution in [3.8, 4) is 11.1 Å². The lowest BCUT2D eigenvalue weighted by molar-refractivity contribution is -0.116. The summed E-state index contributed by atoms with van der Waals surface area (Å²) in [5, 5.41) is 4.84. The Labute approximate surface area is 141 Å². The van der Waals surface area contributed by atoms with Gasteiger partial charge in [0.25, 0.3) is 0 Å². The number of amides is 1. The molecule has 0 radical (unpaired) electrons. The molecule has 0 aliphatic carbocycles. The number of hydrogen-bond acceptors (Lipinski definition) is 2. The SMILES string of the molecule is O=C1CC(c2ccc(F)cc2)c2scc(-c3cccc(F)c3)c2N1. The van der Waals surface area contributed by atoms with Crippen LogP contribution in [0.3, 0.4) is 0 Å². The molecule has 0 saturated carbocycles. The molecule has 1 unspecified atom stereocenters. The molecule has 1 atom stereocenters. The number of carbonyl (C=O) groups excluding carboxylic acids is 1. The number of thiophene rings is 1. The Morgan fingerprint density at radius 1 is 1.04 bits per heavy atom. The lowest BCUT2D eigenvalue weighted by Gasteiger charge is -2.24. The van der Waals surface area contributed by atoms with Crippen molar-refractivity contribution >= 4 is 22.9 Å². The van der Waals surface area contributed by atoms with Crippen LogP contribution >= 0.6 is 11.3 Å². The van der Waals surface area contributed by atoms with E-state index in [4.69, 9.17) is 0 Å². The zero-order valence-corrected chi connectivity index (χ0v) is 13.4. The minimum absolute atomic E-state index is 0.0899. The summed E-state index contributed by atoms with van der Waals surface area (Å²) < 4.78 is 26.7. The van der Waals surface area contributed by atoms with Gasteiger partial charge in [-0.1, -0.05) is 24.3 Å². The highest BCUT2D eigenvalue weighted by Gasteiger charge is 2.30. The Hall–Kier alpha value is -2.53. The largest absolute Gasteiger partial charge is 0.325 e. The molecule has 2 nitrogen and oxygen atoms in total.